The van der Waals surface area contributed by atoms with E-state index in [1.807, 2.05) is 13.8 Å². The minimum atomic E-state index is -0.361. The second kappa shape index (κ2) is 5.46. The number of thiophene rings is 1. The van der Waals surface area contributed by atoms with E-state index in [-0.39, 0.29) is 11.3 Å². The summed E-state index contributed by atoms with van der Waals surface area (Å²) >= 11 is 1.75. The summed E-state index contributed by atoms with van der Waals surface area (Å²) in [5.74, 6) is 0.0721. The van der Waals surface area contributed by atoms with Gasteiger partial charge in [-0.05, 0) is 37.8 Å². The van der Waals surface area contributed by atoms with Gasteiger partial charge in [0.2, 0.25) is 5.91 Å². The molecule has 1 amide bonds. The van der Waals surface area contributed by atoms with Crippen LogP contribution in [0.2, 0.25) is 0 Å². The van der Waals surface area contributed by atoms with E-state index in [1.165, 1.54) is 10.4 Å². The van der Waals surface area contributed by atoms with Crippen molar-refractivity contribution in [3.8, 4) is 0 Å². The molecule has 0 saturated heterocycles. The summed E-state index contributed by atoms with van der Waals surface area (Å²) in [4.78, 5) is 12.9. The Morgan fingerprint density at radius 2 is 2.19 bits per heavy atom. The number of aryl methyl sites for hydroxylation is 1. The molecule has 0 aliphatic heterocycles. The summed E-state index contributed by atoms with van der Waals surface area (Å²) in [5.41, 5.74) is 0.954. The van der Waals surface area contributed by atoms with E-state index in [1.54, 1.807) is 18.4 Å². The van der Waals surface area contributed by atoms with Gasteiger partial charge in [-0.2, -0.15) is 0 Å². The minimum absolute atomic E-state index is 0.0721. The first-order valence-electron chi connectivity index (χ1n) is 5.43. The first kappa shape index (κ1) is 13.2. The third-order valence-electron chi connectivity index (χ3n) is 2.66. The molecule has 0 spiro atoms. The number of rotatable bonds is 5. The van der Waals surface area contributed by atoms with Crippen molar-refractivity contribution in [2.24, 2.45) is 5.41 Å². The van der Waals surface area contributed by atoms with E-state index < -0.39 is 0 Å². The van der Waals surface area contributed by atoms with Crippen molar-refractivity contribution >= 4 is 17.2 Å². The maximum Gasteiger partial charge on any atom is 0.226 e. The predicted octanol–water partition coefficient (Wildman–Crippen LogP) is 1.92. The second-order valence-electron chi connectivity index (χ2n) is 4.59. The summed E-state index contributed by atoms with van der Waals surface area (Å²) < 4.78 is 0. The molecule has 0 aliphatic rings. The predicted molar refractivity (Wildman–Crippen MR) is 68.6 cm³/mol. The van der Waals surface area contributed by atoms with Gasteiger partial charge in [-0.1, -0.05) is 0 Å². The highest BCUT2D eigenvalue weighted by molar-refractivity contribution is 7.10. The van der Waals surface area contributed by atoms with Crippen molar-refractivity contribution in [2.75, 3.05) is 13.6 Å². The molecule has 0 atom stereocenters. The van der Waals surface area contributed by atoms with Crippen molar-refractivity contribution in [1.29, 1.82) is 0 Å². The topological polar surface area (TPSA) is 41.1 Å². The molecular weight excluding hydrogens is 220 g/mol. The monoisotopic (exact) mass is 240 g/mol. The van der Waals surface area contributed by atoms with Gasteiger partial charge in [-0.3, -0.25) is 4.79 Å². The molecule has 0 radical (unpaired) electrons. The summed E-state index contributed by atoms with van der Waals surface area (Å²) in [6, 6.07) is 2.12. The minimum Gasteiger partial charge on any atom is -0.359 e. The lowest BCUT2D eigenvalue weighted by atomic mass is 9.92. The molecule has 16 heavy (non-hydrogen) atoms. The number of carbonyl (C=O) groups is 1. The van der Waals surface area contributed by atoms with Gasteiger partial charge >= 0.3 is 0 Å². The van der Waals surface area contributed by atoms with Crippen molar-refractivity contribution in [1.82, 2.24) is 10.6 Å². The van der Waals surface area contributed by atoms with Crippen LogP contribution in [0.15, 0.2) is 11.4 Å². The van der Waals surface area contributed by atoms with Crippen LogP contribution in [0.3, 0.4) is 0 Å². The zero-order chi connectivity index (χ0) is 12.2. The highest BCUT2D eigenvalue weighted by Gasteiger charge is 2.25. The van der Waals surface area contributed by atoms with E-state index in [4.69, 9.17) is 0 Å². The maximum atomic E-state index is 11.5. The zero-order valence-electron chi connectivity index (χ0n) is 10.4. The second-order valence-corrected chi connectivity index (χ2v) is 5.59. The van der Waals surface area contributed by atoms with Gasteiger partial charge in [-0.25, -0.2) is 0 Å². The van der Waals surface area contributed by atoms with Crippen LogP contribution >= 0.6 is 11.3 Å². The van der Waals surface area contributed by atoms with E-state index in [9.17, 15) is 4.79 Å². The third kappa shape index (κ3) is 3.32. The molecule has 0 unspecified atom stereocenters. The van der Waals surface area contributed by atoms with Crippen LogP contribution in [0, 0.1) is 12.3 Å². The van der Waals surface area contributed by atoms with Crippen molar-refractivity contribution < 1.29 is 4.79 Å². The lowest BCUT2D eigenvalue weighted by Gasteiger charge is -2.22. The highest BCUT2D eigenvalue weighted by Crippen LogP contribution is 2.17. The molecule has 0 aliphatic carbocycles. The van der Waals surface area contributed by atoms with Gasteiger partial charge in [0.15, 0.2) is 0 Å². The van der Waals surface area contributed by atoms with Gasteiger partial charge in [0, 0.05) is 25.0 Å². The van der Waals surface area contributed by atoms with Crippen LogP contribution < -0.4 is 10.6 Å². The Balaban J connectivity index is 2.41. The fourth-order valence-corrected chi connectivity index (χ4v) is 2.37. The molecule has 0 fully saturated rings. The summed E-state index contributed by atoms with van der Waals surface area (Å²) in [6.07, 6.45) is 0. The fourth-order valence-electron chi connectivity index (χ4n) is 1.49. The lowest BCUT2D eigenvalue weighted by molar-refractivity contribution is -0.128. The van der Waals surface area contributed by atoms with E-state index in [0.29, 0.717) is 6.54 Å². The average Bonchev–Trinajstić information content (AvgIpc) is 2.63. The number of hydrogen-bond donors (Lipinski definition) is 2. The highest BCUT2D eigenvalue weighted by atomic mass is 32.1. The van der Waals surface area contributed by atoms with Gasteiger partial charge in [-0.15, -0.1) is 11.3 Å². The summed E-state index contributed by atoms with van der Waals surface area (Å²) in [5, 5.41) is 8.11. The summed E-state index contributed by atoms with van der Waals surface area (Å²) in [7, 11) is 1.67. The quantitative estimate of drug-likeness (QED) is 0.825. The Labute approximate surface area is 101 Å². The number of nitrogens with one attached hydrogen (secondary N) is 2. The standard InChI is InChI=1S/C12H20N2OS/c1-9-5-6-16-10(9)7-14-8-12(2,3)11(15)13-4/h5-6,14H,7-8H2,1-4H3,(H,13,15). The van der Waals surface area contributed by atoms with Gasteiger partial charge < -0.3 is 10.6 Å². The first-order valence-corrected chi connectivity index (χ1v) is 6.31. The molecule has 1 rings (SSSR count). The Morgan fingerprint density at radius 3 is 2.69 bits per heavy atom. The molecule has 1 heterocycles. The molecule has 3 nitrogen and oxygen atoms in total. The molecular formula is C12H20N2OS. The maximum absolute atomic E-state index is 11.5. The lowest BCUT2D eigenvalue weighted by Crippen LogP contribution is -2.41. The van der Waals surface area contributed by atoms with E-state index >= 15 is 0 Å². The van der Waals surface area contributed by atoms with Crippen molar-refractivity contribution in [3.05, 3.63) is 21.9 Å². The first-order chi connectivity index (χ1) is 7.47. The molecule has 0 saturated carbocycles. The van der Waals surface area contributed by atoms with E-state index in [0.717, 1.165) is 6.54 Å². The smallest absolute Gasteiger partial charge is 0.226 e. The van der Waals surface area contributed by atoms with Gasteiger partial charge in [0.1, 0.15) is 0 Å². The SMILES string of the molecule is CNC(=O)C(C)(C)CNCc1sccc1C. The largest absolute Gasteiger partial charge is 0.359 e. The molecule has 0 aromatic carbocycles. The van der Waals surface area contributed by atoms with Crippen LogP contribution in [-0.4, -0.2) is 19.5 Å². The number of carbonyl (C=O) groups excluding carboxylic acids is 1. The Bertz CT molecular complexity index is 358. The molecule has 1 aromatic rings. The molecule has 4 heteroatoms. The molecule has 2 N–H and O–H groups in total. The molecule has 90 valence electrons. The summed E-state index contributed by atoms with van der Waals surface area (Å²) in [6.45, 7) is 7.52. The van der Waals surface area contributed by atoms with Crippen LogP contribution in [0.5, 0.6) is 0 Å². The molecule has 0 bridgehead atoms. The van der Waals surface area contributed by atoms with Crippen molar-refractivity contribution in [3.63, 3.8) is 0 Å². The fraction of sp³-hybridized carbons (Fsp3) is 0.583. The zero-order valence-corrected chi connectivity index (χ0v) is 11.2. The van der Waals surface area contributed by atoms with Crippen LogP contribution in [0.25, 0.3) is 0 Å². The van der Waals surface area contributed by atoms with Crippen molar-refractivity contribution in [2.45, 2.75) is 27.3 Å². The Morgan fingerprint density at radius 1 is 1.50 bits per heavy atom. The van der Waals surface area contributed by atoms with E-state index in [2.05, 4.69) is 29.0 Å². The number of hydrogen-bond acceptors (Lipinski definition) is 3. The van der Waals surface area contributed by atoms with Crippen LogP contribution in [-0.2, 0) is 11.3 Å². The van der Waals surface area contributed by atoms with Gasteiger partial charge in [0.25, 0.3) is 0 Å². The Kier molecular flexibility index (Phi) is 4.50. The Hall–Kier alpha value is -0.870. The van der Waals surface area contributed by atoms with Crippen LogP contribution in [0.1, 0.15) is 24.3 Å². The number of amides is 1. The average molecular weight is 240 g/mol. The molecule has 1 aromatic heterocycles. The third-order valence-corrected chi connectivity index (χ3v) is 3.69. The van der Waals surface area contributed by atoms with Gasteiger partial charge in [0.05, 0.1) is 5.41 Å². The normalized spacial score (nSPS) is 11.5. The van der Waals surface area contributed by atoms with Crippen LogP contribution in [0.4, 0.5) is 0 Å².